The maximum atomic E-state index is 12.7. The van der Waals surface area contributed by atoms with Gasteiger partial charge in [-0.25, -0.2) is 4.98 Å². The Bertz CT molecular complexity index is 947. The third-order valence-corrected chi connectivity index (χ3v) is 6.22. The number of thiazole rings is 1. The molecule has 2 heterocycles. The van der Waals surface area contributed by atoms with Crippen molar-refractivity contribution in [2.75, 3.05) is 31.1 Å². The summed E-state index contributed by atoms with van der Waals surface area (Å²) in [4.78, 5) is 21.7. The number of nitrogens with zero attached hydrogens (tertiary/aromatic N) is 3. The second-order valence-corrected chi connectivity index (χ2v) is 7.79. The Morgan fingerprint density at radius 2 is 1.88 bits per heavy atom. The van der Waals surface area contributed by atoms with Gasteiger partial charge in [0.1, 0.15) is 0 Å². The number of hydrogen-bond acceptors (Lipinski definition) is 4. The number of aromatic nitrogens is 1. The molecule has 134 valence electrons. The molecule has 4 rings (SSSR count). The van der Waals surface area contributed by atoms with Gasteiger partial charge in [-0.1, -0.05) is 54.1 Å². The zero-order valence-electron chi connectivity index (χ0n) is 14.6. The molecule has 1 fully saturated rings. The van der Waals surface area contributed by atoms with E-state index in [0.29, 0.717) is 23.7 Å². The van der Waals surface area contributed by atoms with Crippen LogP contribution in [-0.4, -0.2) is 42.0 Å². The standard InChI is InChI=1S/C20H20ClN3OS/c1-2-14-6-5-9-17-18(14)22-20(26-17)24-12-10-23(11-13-24)19(25)15-7-3-4-8-16(15)21/h3-9H,2,10-13H2,1H3. The van der Waals surface area contributed by atoms with Crippen molar-refractivity contribution in [3.05, 3.63) is 58.6 Å². The van der Waals surface area contributed by atoms with Crippen LogP contribution in [0.5, 0.6) is 0 Å². The molecule has 1 aliphatic rings. The second-order valence-electron chi connectivity index (χ2n) is 6.37. The first-order valence-corrected chi connectivity index (χ1v) is 10.0. The highest BCUT2D eigenvalue weighted by molar-refractivity contribution is 7.22. The van der Waals surface area contributed by atoms with Gasteiger partial charge < -0.3 is 9.80 Å². The van der Waals surface area contributed by atoms with E-state index >= 15 is 0 Å². The monoisotopic (exact) mass is 385 g/mol. The summed E-state index contributed by atoms with van der Waals surface area (Å²) in [5.41, 5.74) is 2.98. The summed E-state index contributed by atoms with van der Waals surface area (Å²) in [6, 6.07) is 13.6. The molecule has 3 aromatic rings. The Labute approximate surface area is 162 Å². The van der Waals surface area contributed by atoms with Crippen molar-refractivity contribution in [1.29, 1.82) is 0 Å². The molecule has 2 aromatic carbocycles. The lowest BCUT2D eigenvalue weighted by Crippen LogP contribution is -2.48. The predicted octanol–water partition coefficient (Wildman–Crippen LogP) is 4.47. The number of carbonyl (C=O) groups excluding carboxylic acids is 1. The van der Waals surface area contributed by atoms with Crippen molar-refractivity contribution in [2.24, 2.45) is 0 Å². The molecular weight excluding hydrogens is 366 g/mol. The van der Waals surface area contributed by atoms with E-state index in [4.69, 9.17) is 16.6 Å². The number of aryl methyl sites for hydroxylation is 1. The molecule has 1 aliphatic heterocycles. The summed E-state index contributed by atoms with van der Waals surface area (Å²) >= 11 is 7.90. The first-order chi connectivity index (χ1) is 12.7. The van der Waals surface area contributed by atoms with Gasteiger partial charge in [0.25, 0.3) is 5.91 Å². The van der Waals surface area contributed by atoms with Crippen molar-refractivity contribution in [1.82, 2.24) is 9.88 Å². The Morgan fingerprint density at radius 3 is 2.62 bits per heavy atom. The van der Waals surface area contributed by atoms with Crippen LogP contribution in [0.15, 0.2) is 42.5 Å². The molecule has 4 nitrogen and oxygen atoms in total. The zero-order valence-corrected chi connectivity index (χ0v) is 16.2. The Morgan fingerprint density at radius 1 is 1.12 bits per heavy atom. The van der Waals surface area contributed by atoms with Gasteiger partial charge in [0.05, 0.1) is 20.8 Å². The van der Waals surface area contributed by atoms with Crippen molar-refractivity contribution in [3.8, 4) is 0 Å². The molecule has 0 N–H and O–H groups in total. The molecule has 1 aromatic heterocycles. The Balaban J connectivity index is 1.49. The van der Waals surface area contributed by atoms with Gasteiger partial charge in [-0.15, -0.1) is 0 Å². The SMILES string of the molecule is CCc1cccc2sc(N3CCN(C(=O)c4ccccc4Cl)CC3)nc12. The van der Waals surface area contributed by atoms with E-state index in [1.807, 2.05) is 17.0 Å². The minimum Gasteiger partial charge on any atom is -0.345 e. The predicted molar refractivity (Wildman–Crippen MR) is 109 cm³/mol. The van der Waals surface area contributed by atoms with Crippen LogP contribution in [0.2, 0.25) is 5.02 Å². The molecule has 1 amide bonds. The normalized spacial score (nSPS) is 14.8. The fourth-order valence-electron chi connectivity index (χ4n) is 3.32. The van der Waals surface area contributed by atoms with Gasteiger partial charge in [0.2, 0.25) is 0 Å². The molecule has 0 radical (unpaired) electrons. The number of carbonyl (C=O) groups is 1. The summed E-state index contributed by atoms with van der Waals surface area (Å²) in [5, 5.41) is 1.56. The lowest BCUT2D eigenvalue weighted by Gasteiger charge is -2.34. The van der Waals surface area contributed by atoms with Crippen LogP contribution >= 0.6 is 22.9 Å². The minimum absolute atomic E-state index is 0.00724. The number of hydrogen-bond donors (Lipinski definition) is 0. The number of halogens is 1. The molecule has 6 heteroatoms. The number of benzene rings is 2. The zero-order chi connectivity index (χ0) is 18.1. The maximum Gasteiger partial charge on any atom is 0.255 e. The lowest BCUT2D eigenvalue weighted by atomic mass is 10.1. The number of fused-ring (bicyclic) bond motifs is 1. The van der Waals surface area contributed by atoms with Gasteiger partial charge in [-0.2, -0.15) is 0 Å². The topological polar surface area (TPSA) is 36.4 Å². The van der Waals surface area contributed by atoms with Crippen molar-refractivity contribution in [2.45, 2.75) is 13.3 Å². The van der Waals surface area contributed by atoms with Crippen molar-refractivity contribution < 1.29 is 4.79 Å². The number of anilines is 1. The summed E-state index contributed by atoms with van der Waals surface area (Å²) < 4.78 is 1.23. The molecule has 0 atom stereocenters. The quantitative estimate of drug-likeness (QED) is 0.667. The van der Waals surface area contributed by atoms with E-state index in [1.165, 1.54) is 10.3 Å². The summed E-state index contributed by atoms with van der Waals surface area (Å²) in [6.07, 6.45) is 0.987. The first-order valence-electron chi connectivity index (χ1n) is 8.84. The van der Waals surface area contributed by atoms with E-state index in [0.717, 1.165) is 30.2 Å². The highest BCUT2D eigenvalue weighted by Gasteiger charge is 2.25. The van der Waals surface area contributed by atoms with Crippen molar-refractivity contribution >= 4 is 44.2 Å². The van der Waals surface area contributed by atoms with Crippen LogP contribution in [0.3, 0.4) is 0 Å². The lowest BCUT2D eigenvalue weighted by molar-refractivity contribution is 0.0747. The van der Waals surface area contributed by atoms with Crippen LogP contribution in [-0.2, 0) is 6.42 Å². The minimum atomic E-state index is 0.00724. The highest BCUT2D eigenvalue weighted by atomic mass is 35.5. The van der Waals surface area contributed by atoms with Crippen LogP contribution in [0.25, 0.3) is 10.2 Å². The molecule has 0 aliphatic carbocycles. The second kappa shape index (κ2) is 7.25. The van der Waals surface area contributed by atoms with Crippen LogP contribution in [0.1, 0.15) is 22.8 Å². The maximum absolute atomic E-state index is 12.7. The van der Waals surface area contributed by atoms with Gasteiger partial charge in [0.15, 0.2) is 5.13 Å². The molecule has 1 saturated heterocycles. The number of para-hydroxylation sites is 1. The number of amides is 1. The van der Waals surface area contributed by atoms with E-state index in [9.17, 15) is 4.79 Å². The summed E-state index contributed by atoms with van der Waals surface area (Å²) in [7, 11) is 0. The third kappa shape index (κ3) is 3.17. The van der Waals surface area contributed by atoms with Crippen molar-refractivity contribution in [3.63, 3.8) is 0 Å². The van der Waals surface area contributed by atoms with E-state index in [-0.39, 0.29) is 5.91 Å². The van der Waals surface area contributed by atoms with Crippen LogP contribution < -0.4 is 4.90 Å². The molecule has 0 spiro atoms. The van der Waals surface area contributed by atoms with Crippen LogP contribution in [0, 0.1) is 0 Å². The molecule has 26 heavy (non-hydrogen) atoms. The molecular formula is C20H20ClN3OS. The number of rotatable bonds is 3. The average Bonchev–Trinajstić information content (AvgIpc) is 3.12. The fraction of sp³-hybridized carbons (Fsp3) is 0.300. The smallest absolute Gasteiger partial charge is 0.255 e. The van der Waals surface area contributed by atoms with Gasteiger partial charge in [-0.3, -0.25) is 4.79 Å². The van der Waals surface area contributed by atoms with Gasteiger partial charge in [0, 0.05) is 26.2 Å². The first kappa shape index (κ1) is 17.3. The summed E-state index contributed by atoms with van der Waals surface area (Å²) in [5.74, 6) is 0.00724. The number of piperazine rings is 1. The average molecular weight is 386 g/mol. The Kier molecular flexibility index (Phi) is 4.83. The largest absolute Gasteiger partial charge is 0.345 e. The van der Waals surface area contributed by atoms with E-state index in [1.54, 1.807) is 23.5 Å². The van der Waals surface area contributed by atoms with Gasteiger partial charge >= 0.3 is 0 Å². The fourth-order valence-corrected chi connectivity index (χ4v) is 4.60. The van der Waals surface area contributed by atoms with Gasteiger partial charge in [-0.05, 0) is 30.2 Å². The highest BCUT2D eigenvalue weighted by Crippen LogP contribution is 2.31. The molecule has 0 saturated carbocycles. The Hall–Kier alpha value is -2.11. The van der Waals surface area contributed by atoms with E-state index in [2.05, 4.69) is 30.0 Å². The molecule has 0 bridgehead atoms. The molecule has 0 unspecified atom stereocenters. The van der Waals surface area contributed by atoms with Crippen LogP contribution in [0.4, 0.5) is 5.13 Å². The summed E-state index contributed by atoms with van der Waals surface area (Å²) in [6.45, 7) is 5.10. The van der Waals surface area contributed by atoms with E-state index < -0.39 is 0 Å². The third-order valence-electron chi connectivity index (χ3n) is 4.81.